The molecule has 3 unspecified atom stereocenters. The molecule has 1 fully saturated rings. The van der Waals surface area contributed by atoms with Crippen molar-refractivity contribution in [3.8, 4) is 0 Å². The highest BCUT2D eigenvalue weighted by atomic mass is 15.2. The first-order valence-electron chi connectivity index (χ1n) is 6.77. The molecule has 17 heavy (non-hydrogen) atoms. The van der Waals surface area contributed by atoms with Gasteiger partial charge in [0.05, 0.1) is 0 Å². The van der Waals surface area contributed by atoms with Gasteiger partial charge in [-0.3, -0.25) is 4.90 Å². The molecule has 0 saturated carbocycles. The minimum Gasteiger partial charge on any atom is -0.326 e. The summed E-state index contributed by atoms with van der Waals surface area (Å²) in [4.78, 5) is 2.56. The molecule has 2 nitrogen and oxygen atoms in total. The van der Waals surface area contributed by atoms with Crippen LogP contribution in [-0.4, -0.2) is 24.0 Å². The lowest BCUT2D eigenvalue weighted by Crippen LogP contribution is -2.38. The second kappa shape index (κ2) is 5.65. The van der Waals surface area contributed by atoms with E-state index < -0.39 is 0 Å². The summed E-state index contributed by atoms with van der Waals surface area (Å²) in [5.41, 5.74) is 7.55. The van der Waals surface area contributed by atoms with Crippen molar-refractivity contribution in [1.82, 2.24) is 4.90 Å². The fourth-order valence-corrected chi connectivity index (χ4v) is 2.95. The number of hydrogen-bond donors (Lipinski definition) is 1. The largest absolute Gasteiger partial charge is 0.326 e. The number of rotatable bonds is 4. The normalized spacial score (nSPS) is 24.8. The van der Waals surface area contributed by atoms with Crippen molar-refractivity contribution >= 4 is 0 Å². The van der Waals surface area contributed by atoms with E-state index >= 15 is 0 Å². The van der Waals surface area contributed by atoms with Crippen LogP contribution in [0, 0.1) is 5.92 Å². The number of likely N-dealkylation sites (tertiary alicyclic amines) is 1. The Morgan fingerprint density at radius 3 is 2.59 bits per heavy atom. The minimum absolute atomic E-state index is 0.188. The summed E-state index contributed by atoms with van der Waals surface area (Å²) in [6.45, 7) is 6.81. The smallest absolute Gasteiger partial charge is 0.0496 e. The van der Waals surface area contributed by atoms with Crippen LogP contribution in [0.1, 0.15) is 38.3 Å². The highest BCUT2D eigenvalue weighted by molar-refractivity contribution is 5.20. The van der Waals surface area contributed by atoms with Gasteiger partial charge in [0, 0.05) is 18.6 Å². The SMILES string of the molecule is CCC1CCN(C(c2ccccc2)C(C)N)C1. The van der Waals surface area contributed by atoms with Gasteiger partial charge in [-0.15, -0.1) is 0 Å². The van der Waals surface area contributed by atoms with Crippen LogP contribution in [0.25, 0.3) is 0 Å². The molecule has 0 aromatic heterocycles. The van der Waals surface area contributed by atoms with Crippen molar-refractivity contribution < 1.29 is 0 Å². The summed E-state index contributed by atoms with van der Waals surface area (Å²) < 4.78 is 0. The second-order valence-electron chi connectivity index (χ2n) is 5.27. The first-order chi connectivity index (χ1) is 8.22. The van der Waals surface area contributed by atoms with E-state index in [4.69, 9.17) is 5.73 Å². The van der Waals surface area contributed by atoms with Crippen LogP contribution in [-0.2, 0) is 0 Å². The third-order valence-corrected chi connectivity index (χ3v) is 3.93. The van der Waals surface area contributed by atoms with E-state index in [1.54, 1.807) is 0 Å². The third-order valence-electron chi connectivity index (χ3n) is 3.93. The van der Waals surface area contributed by atoms with Crippen LogP contribution in [0.5, 0.6) is 0 Å². The maximum absolute atomic E-state index is 6.19. The van der Waals surface area contributed by atoms with Crippen molar-refractivity contribution in [3.05, 3.63) is 35.9 Å². The van der Waals surface area contributed by atoms with E-state index in [0.29, 0.717) is 6.04 Å². The van der Waals surface area contributed by atoms with Crippen LogP contribution in [0.15, 0.2) is 30.3 Å². The summed E-state index contributed by atoms with van der Waals surface area (Å²) in [6.07, 6.45) is 2.61. The van der Waals surface area contributed by atoms with Crippen molar-refractivity contribution in [1.29, 1.82) is 0 Å². The van der Waals surface area contributed by atoms with E-state index in [-0.39, 0.29) is 6.04 Å². The van der Waals surface area contributed by atoms with Gasteiger partial charge >= 0.3 is 0 Å². The molecule has 94 valence electrons. The Morgan fingerprint density at radius 2 is 2.06 bits per heavy atom. The van der Waals surface area contributed by atoms with Crippen LogP contribution in [0.3, 0.4) is 0 Å². The zero-order chi connectivity index (χ0) is 12.3. The van der Waals surface area contributed by atoms with Gasteiger partial charge in [0.2, 0.25) is 0 Å². The summed E-state index contributed by atoms with van der Waals surface area (Å²) >= 11 is 0. The summed E-state index contributed by atoms with van der Waals surface area (Å²) in [5, 5.41) is 0. The van der Waals surface area contributed by atoms with Gasteiger partial charge in [-0.25, -0.2) is 0 Å². The van der Waals surface area contributed by atoms with E-state index in [0.717, 1.165) is 5.92 Å². The Balaban J connectivity index is 2.14. The maximum atomic E-state index is 6.19. The molecule has 1 aromatic rings. The highest BCUT2D eigenvalue weighted by Crippen LogP contribution is 2.30. The molecule has 2 rings (SSSR count). The summed E-state index contributed by atoms with van der Waals surface area (Å²) in [5.74, 6) is 0.861. The van der Waals surface area contributed by atoms with Crippen molar-refractivity contribution in [3.63, 3.8) is 0 Å². The van der Waals surface area contributed by atoms with Crippen LogP contribution in [0.4, 0.5) is 0 Å². The lowest BCUT2D eigenvalue weighted by molar-refractivity contribution is 0.210. The number of nitrogens with zero attached hydrogens (tertiary/aromatic N) is 1. The lowest BCUT2D eigenvalue weighted by atomic mass is 9.99. The Labute approximate surface area is 105 Å². The number of benzene rings is 1. The average Bonchev–Trinajstić information content (AvgIpc) is 2.79. The Kier molecular flexibility index (Phi) is 4.19. The Morgan fingerprint density at radius 1 is 1.35 bits per heavy atom. The molecule has 1 saturated heterocycles. The zero-order valence-corrected chi connectivity index (χ0v) is 11.0. The van der Waals surface area contributed by atoms with Crippen LogP contribution >= 0.6 is 0 Å². The Bertz CT molecular complexity index is 334. The van der Waals surface area contributed by atoms with Crippen molar-refractivity contribution in [2.75, 3.05) is 13.1 Å². The highest BCUT2D eigenvalue weighted by Gasteiger charge is 2.30. The molecule has 0 aliphatic carbocycles. The lowest BCUT2D eigenvalue weighted by Gasteiger charge is -2.31. The number of hydrogen-bond acceptors (Lipinski definition) is 2. The number of nitrogens with two attached hydrogens (primary N) is 1. The molecule has 1 aliphatic rings. The molecular formula is C15H24N2. The predicted molar refractivity (Wildman–Crippen MR) is 72.8 cm³/mol. The first-order valence-corrected chi connectivity index (χ1v) is 6.77. The fourth-order valence-electron chi connectivity index (χ4n) is 2.95. The minimum atomic E-state index is 0.188. The molecule has 2 N–H and O–H groups in total. The monoisotopic (exact) mass is 232 g/mol. The van der Waals surface area contributed by atoms with Gasteiger partial charge in [-0.05, 0) is 31.4 Å². The van der Waals surface area contributed by atoms with E-state index in [2.05, 4.69) is 49.1 Å². The van der Waals surface area contributed by atoms with Gasteiger partial charge in [0.15, 0.2) is 0 Å². The molecule has 1 aromatic carbocycles. The van der Waals surface area contributed by atoms with E-state index in [1.807, 2.05) is 0 Å². The van der Waals surface area contributed by atoms with Crippen molar-refractivity contribution in [2.45, 2.75) is 38.8 Å². The molecule has 0 spiro atoms. The fraction of sp³-hybridized carbons (Fsp3) is 0.600. The van der Waals surface area contributed by atoms with Gasteiger partial charge < -0.3 is 5.73 Å². The zero-order valence-electron chi connectivity index (χ0n) is 11.0. The third kappa shape index (κ3) is 2.88. The topological polar surface area (TPSA) is 29.3 Å². The molecule has 2 heteroatoms. The van der Waals surface area contributed by atoms with E-state index in [9.17, 15) is 0 Å². The van der Waals surface area contributed by atoms with Gasteiger partial charge in [-0.1, -0.05) is 43.7 Å². The van der Waals surface area contributed by atoms with E-state index in [1.165, 1.54) is 31.5 Å². The van der Waals surface area contributed by atoms with Gasteiger partial charge in [0.1, 0.15) is 0 Å². The van der Waals surface area contributed by atoms with Crippen LogP contribution in [0.2, 0.25) is 0 Å². The molecular weight excluding hydrogens is 208 g/mol. The van der Waals surface area contributed by atoms with Gasteiger partial charge in [-0.2, -0.15) is 0 Å². The van der Waals surface area contributed by atoms with Gasteiger partial charge in [0.25, 0.3) is 0 Å². The maximum Gasteiger partial charge on any atom is 0.0496 e. The molecule has 3 atom stereocenters. The van der Waals surface area contributed by atoms with Crippen molar-refractivity contribution in [2.24, 2.45) is 11.7 Å². The predicted octanol–water partition coefficient (Wildman–Crippen LogP) is 2.81. The quantitative estimate of drug-likeness (QED) is 0.865. The molecule has 0 bridgehead atoms. The molecule has 1 aliphatic heterocycles. The van der Waals surface area contributed by atoms with Crippen LogP contribution < -0.4 is 5.73 Å². The second-order valence-corrected chi connectivity index (χ2v) is 5.27. The summed E-state index contributed by atoms with van der Waals surface area (Å²) in [7, 11) is 0. The molecule has 1 heterocycles. The summed E-state index contributed by atoms with van der Waals surface area (Å²) in [6, 6.07) is 11.3. The first kappa shape index (κ1) is 12.6. The average molecular weight is 232 g/mol. The standard InChI is InChI=1S/C15H24N2/c1-3-13-9-10-17(11-13)15(12(2)16)14-7-5-4-6-8-14/h4-8,12-13,15H,3,9-11,16H2,1-2H3. The molecule has 0 amide bonds. The Hall–Kier alpha value is -0.860. The molecule has 0 radical (unpaired) electrons.